The SMILES string of the molecule is CCN(c1ccccc1)S(=O)(=O)c1ccc(OC)c(NC(=O)c2ccc(=O)[nH]c2)c1. The van der Waals surface area contributed by atoms with E-state index in [-0.39, 0.29) is 28.3 Å². The summed E-state index contributed by atoms with van der Waals surface area (Å²) in [4.78, 5) is 26.1. The molecule has 0 radical (unpaired) electrons. The summed E-state index contributed by atoms with van der Waals surface area (Å²) in [6.45, 7) is 1.98. The van der Waals surface area contributed by atoms with Crippen molar-refractivity contribution in [1.82, 2.24) is 4.98 Å². The number of ether oxygens (including phenoxy) is 1. The number of sulfonamides is 1. The molecule has 2 aromatic carbocycles. The minimum atomic E-state index is -3.88. The maximum atomic E-state index is 13.2. The quantitative estimate of drug-likeness (QED) is 0.603. The van der Waals surface area contributed by atoms with Crippen LogP contribution in [0.2, 0.25) is 0 Å². The number of methoxy groups -OCH3 is 1. The molecule has 8 nitrogen and oxygen atoms in total. The van der Waals surface area contributed by atoms with Crippen LogP contribution >= 0.6 is 0 Å². The Morgan fingerprint density at radius 3 is 2.43 bits per heavy atom. The Bertz CT molecular complexity index is 1190. The summed E-state index contributed by atoms with van der Waals surface area (Å²) in [6.07, 6.45) is 1.28. The zero-order valence-corrected chi connectivity index (χ0v) is 17.3. The maximum absolute atomic E-state index is 13.2. The van der Waals surface area contributed by atoms with E-state index in [1.165, 1.54) is 47.9 Å². The van der Waals surface area contributed by atoms with Crippen LogP contribution in [0.15, 0.2) is 76.6 Å². The highest BCUT2D eigenvalue weighted by Crippen LogP contribution is 2.31. The standard InChI is InChI=1S/C21H21N3O5S/c1-3-24(16-7-5-4-6-8-16)30(27,28)17-10-11-19(29-2)18(13-17)23-21(26)15-9-12-20(25)22-14-15/h4-14H,3H2,1-2H3,(H,22,25)(H,23,26). The number of anilines is 2. The van der Waals surface area contributed by atoms with Crippen molar-refractivity contribution in [1.29, 1.82) is 0 Å². The minimum Gasteiger partial charge on any atom is -0.495 e. The Hall–Kier alpha value is -3.59. The summed E-state index contributed by atoms with van der Waals surface area (Å²) in [7, 11) is -2.46. The molecule has 0 bridgehead atoms. The van der Waals surface area contributed by atoms with Gasteiger partial charge >= 0.3 is 0 Å². The summed E-state index contributed by atoms with van der Waals surface area (Å²) >= 11 is 0. The molecular formula is C21H21N3O5S. The Morgan fingerprint density at radius 2 is 1.83 bits per heavy atom. The smallest absolute Gasteiger partial charge is 0.264 e. The van der Waals surface area contributed by atoms with Crippen LogP contribution in [-0.2, 0) is 10.0 Å². The fourth-order valence-corrected chi connectivity index (χ4v) is 4.40. The van der Waals surface area contributed by atoms with Gasteiger partial charge in [0.2, 0.25) is 5.56 Å². The van der Waals surface area contributed by atoms with Crippen molar-refractivity contribution >= 4 is 27.3 Å². The topological polar surface area (TPSA) is 109 Å². The third-order valence-electron chi connectivity index (χ3n) is 4.38. The van der Waals surface area contributed by atoms with Crippen LogP contribution in [0.5, 0.6) is 5.75 Å². The van der Waals surface area contributed by atoms with E-state index >= 15 is 0 Å². The van der Waals surface area contributed by atoms with Gasteiger partial charge in [0.25, 0.3) is 15.9 Å². The molecule has 2 N–H and O–H groups in total. The van der Waals surface area contributed by atoms with E-state index in [1.54, 1.807) is 31.2 Å². The van der Waals surface area contributed by atoms with Crippen molar-refractivity contribution < 1.29 is 17.9 Å². The summed E-state index contributed by atoms with van der Waals surface area (Å²) in [6, 6.07) is 15.6. The average molecular weight is 427 g/mol. The van der Waals surface area contributed by atoms with Gasteiger partial charge in [0.15, 0.2) is 0 Å². The van der Waals surface area contributed by atoms with Gasteiger partial charge in [-0.2, -0.15) is 0 Å². The molecule has 0 saturated heterocycles. The molecular weight excluding hydrogens is 406 g/mol. The highest BCUT2D eigenvalue weighted by atomic mass is 32.2. The number of benzene rings is 2. The molecule has 0 spiro atoms. The Labute approximate surface area is 174 Å². The van der Waals surface area contributed by atoms with Crippen LogP contribution < -0.4 is 19.9 Å². The van der Waals surface area contributed by atoms with Crippen molar-refractivity contribution in [2.75, 3.05) is 23.3 Å². The lowest BCUT2D eigenvalue weighted by atomic mass is 10.2. The molecule has 0 saturated carbocycles. The molecule has 0 aliphatic heterocycles. The lowest BCUT2D eigenvalue weighted by Crippen LogP contribution is -2.30. The molecule has 1 amide bonds. The first-order valence-corrected chi connectivity index (χ1v) is 10.6. The third kappa shape index (κ3) is 4.36. The van der Waals surface area contributed by atoms with Gasteiger partial charge in [0.1, 0.15) is 5.75 Å². The number of rotatable bonds is 7. The fraction of sp³-hybridized carbons (Fsp3) is 0.143. The van der Waals surface area contributed by atoms with E-state index in [0.717, 1.165) is 0 Å². The highest BCUT2D eigenvalue weighted by molar-refractivity contribution is 7.92. The monoisotopic (exact) mass is 427 g/mol. The number of aromatic amines is 1. The van der Waals surface area contributed by atoms with E-state index in [4.69, 9.17) is 4.74 Å². The molecule has 30 heavy (non-hydrogen) atoms. The van der Waals surface area contributed by atoms with Crippen molar-refractivity contribution in [3.8, 4) is 5.75 Å². The van der Waals surface area contributed by atoms with Gasteiger partial charge in [0, 0.05) is 18.8 Å². The summed E-state index contributed by atoms with van der Waals surface area (Å²) < 4.78 is 33.0. The van der Waals surface area contributed by atoms with E-state index < -0.39 is 15.9 Å². The Morgan fingerprint density at radius 1 is 1.10 bits per heavy atom. The molecule has 0 unspecified atom stereocenters. The first-order chi connectivity index (χ1) is 14.4. The number of amides is 1. The normalized spacial score (nSPS) is 11.0. The third-order valence-corrected chi connectivity index (χ3v) is 6.28. The maximum Gasteiger partial charge on any atom is 0.264 e. The molecule has 3 aromatic rings. The predicted octanol–water partition coefficient (Wildman–Crippen LogP) is 2.85. The number of para-hydroxylation sites is 1. The van der Waals surface area contributed by atoms with E-state index in [9.17, 15) is 18.0 Å². The number of carbonyl (C=O) groups is 1. The van der Waals surface area contributed by atoms with Crippen LogP contribution in [0.1, 0.15) is 17.3 Å². The lowest BCUT2D eigenvalue weighted by molar-refractivity contribution is 0.102. The lowest BCUT2D eigenvalue weighted by Gasteiger charge is -2.23. The van der Waals surface area contributed by atoms with Gasteiger partial charge in [-0.15, -0.1) is 0 Å². The van der Waals surface area contributed by atoms with Gasteiger partial charge < -0.3 is 15.0 Å². The first kappa shape index (κ1) is 21.1. The second-order valence-electron chi connectivity index (χ2n) is 6.26. The minimum absolute atomic E-state index is 0.00534. The molecule has 1 aromatic heterocycles. The van der Waals surface area contributed by atoms with E-state index in [1.807, 2.05) is 6.07 Å². The zero-order chi connectivity index (χ0) is 21.7. The van der Waals surface area contributed by atoms with Crippen molar-refractivity contribution in [2.45, 2.75) is 11.8 Å². The predicted molar refractivity (Wildman–Crippen MR) is 115 cm³/mol. The number of aromatic nitrogens is 1. The number of H-pyrrole nitrogens is 1. The summed E-state index contributed by atoms with van der Waals surface area (Å²) in [5, 5.41) is 2.64. The molecule has 0 atom stereocenters. The number of hydrogen-bond acceptors (Lipinski definition) is 5. The highest BCUT2D eigenvalue weighted by Gasteiger charge is 2.25. The van der Waals surface area contributed by atoms with Crippen molar-refractivity contribution in [2.24, 2.45) is 0 Å². The summed E-state index contributed by atoms with van der Waals surface area (Å²) in [5.41, 5.74) is 0.607. The van der Waals surface area contributed by atoms with Gasteiger partial charge in [0.05, 0.1) is 28.9 Å². The van der Waals surface area contributed by atoms with Crippen molar-refractivity contribution in [3.63, 3.8) is 0 Å². The fourth-order valence-electron chi connectivity index (χ4n) is 2.90. The number of nitrogens with one attached hydrogen (secondary N) is 2. The van der Waals surface area contributed by atoms with Crippen LogP contribution in [0.3, 0.4) is 0 Å². The van der Waals surface area contributed by atoms with E-state index in [2.05, 4.69) is 10.3 Å². The van der Waals surface area contributed by atoms with Crippen LogP contribution in [0.25, 0.3) is 0 Å². The molecule has 0 aliphatic carbocycles. The second kappa shape index (κ2) is 8.83. The zero-order valence-electron chi connectivity index (χ0n) is 16.5. The molecule has 156 valence electrons. The molecule has 3 rings (SSSR count). The Balaban J connectivity index is 1.98. The van der Waals surface area contributed by atoms with Crippen molar-refractivity contribution in [3.05, 3.63) is 82.8 Å². The van der Waals surface area contributed by atoms with Gasteiger partial charge in [-0.05, 0) is 43.3 Å². The van der Waals surface area contributed by atoms with Gasteiger partial charge in [-0.1, -0.05) is 18.2 Å². The first-order valence-electron chi connectivity index (χ1n) is 9.12. The van der Waals surface area contributed by atoms with Crippen LogP contribution in [0.4, 0.5) is 11.4 Å². The van der Waals surface area contributed by atoms with Crippen LogP contribution in [0, 0.1) is 0 Å². The number of pyridine rings is 1. The second-order valence-corrected chi connectivity index (χ2v) is 8.13. The molecule has 0 fully saturated rings. The van der Waals surface area contributed by atoms with Gasteiger partial charge in [-0.3, -0.25) is 13.9 Å². The average Bonchev–Trinajstić information content (AvgIpc) is 2.75. The number of hydrogen-bond donors (Lipinski definition) is 2. The van der Waals surface area contributed by atoms with Gasteiger partial charge in [-0.25, -0.2) is 8.42 Å². The van der Waals surface area contributed by atoms with Crippen LogP contribution in [-0.4, -0.2) is 33.0 Å². The number of carbonyl (C=O) groups excluding carboxylic acids is 1. The molecule has 0 aliphatic rings. The molecule has 9 heteroatoms. The summed E-state index contributed by atoms with van der Waals surface area (Å²) in [5.74, 6) is -0.219. The van der Waals surface area contributed by atoms with E-state index in [0.29, 0.717) is 11.4 Å². The largest absolute Gasteiger partial charge is 0.495 e. The Kier molecular flexibility index (Phi) is 6.22. The number of nitrogens with zero attached hydrogens (tertiary/aromatic N) is 1. The molecule has 1 heterocycles.